The monoisotopic (exact) mass is 317 g/mol. The number of nitrogens with one attached hydrogen (secondary N) is 1. The molecule has 3 rings (SSSR count). The number of halogens is 1. The lowest BCUT2D eigenvalue weighted by Gasteiger charge is -2.05. The molecule has 0 unspecified atom stereocenters. The maximum absolute atomic E-state index is 12.2. The smallest absolute Gasteiger partial charge is 0.289 e. The van der Waals surface area contributed by atoms with Crippen molar-refractivity contribution in [3.63, 3.8) is 0 Å². The summed E-state index contributed by atoms with van der Waals surface area (Å²) in [5.74, 6) is -0.415. The molecule has 1 heterocycles. The SMILES string of the molecule is O=C(Nc1ccc(Cl)c([N+](=O)[O-])c1)c1ccc2ocnc2c1. The van der Waals surface area contributed by atoms with Gasteiger partial charge >= 0.3 is 0 Å². The molecule has 0 atom stereocenters. The predicted molar refractivity (Wildman–Crippen MR) is 80.1 cm³/mol. The molecule has 0 aliphatic heterocycles. The molecule has 7 nitrogen and oxygen atoms in total. The van der Waals surface area contributed by atoms with Gasteiger partial charge in [0, 0.05) is 17.3 Å². The zero-order valence-corrected chi connectivity index (χ0v) is 11.7. The number of oxazole rings is 1. The summed E-state index contributed by atoms with van der Waals surface area (Å²) in [5, 5.41) is 13.4. The van der Waals surface area contributed by atoms with E-state index in [2.05, 4.69) is 10.3 Å². The standard InChI is InChI=1S/C14H8ClN3O4/c15-10-3-2-9(6-12(10)18(20)21)17-14(19)8-1-4-13-11(5-8)16-7-22-13/h1-7H,(H,17,19). The maximum atomic E-state index is 12.2. The Kier molecular flexibility index (Phi) is 3.48. The van der Waals surface area contributed by atoms with E-state index in [1.807, 2.05) is 0 Å². The van der Waals surface area contributed by atoms with Gasteiger partial charge in [-0.15, -0.1) is 0 Å². The summed E-state index contributed by atoms with van der Waals surface area (Å²) in [6.07, 6.45) is 1.29. The van der Waals surface area contributed by atoms with Gasteiger partial charge in [-0.05, 0) is 30.3 Å². The number of nitro groups is 1. The number of hydrogen-bond acceptors (Lipinski definition) is 5. The highest BCUT2D eigenvalue weighted by atomic mass is 35.5. The fourth-order valence-electron chi connectivity index (χ4n) is 1.93. The lowest BCUT2D eigenvalue weighted by atomic mass is 10.2. The van der Waals surface area contributed by atoms with Crippen molar-refractivity contribution in [2.75, 3.05) is 5.32 Å². The van der Waals surface area contributed by atoms with Crippen LogP contribution in [0.1, 0.15) is 10.4 Å². The van der Waals surface area contributed by atoms with Crippen LogP contribution in [-0.2, 0) is 0 Å². The van der Waals surface area contributed by atoms with E-state index in [1.165, 1.54) is 24.6 Å². The first-order valence-electron chi connectivity index (χ1n) is 6.13. The van der Waals surface area contributed by atoms with Gasteiger partial charge in [-0.2, -0.15) is 0 Å². The van der Waals surface area contributed by atoms with Crippen LogP contribution in [0.25, 0.3) is 11.1 Å². The first kappa shape index (κ1) is 14.0. The summed E-state index contributed by atoms with van der Waals surface area (Å²) in [5.41, 5.74) is 1.49. The molecule has 0 fully saturated rings. The Morgan fingerprint density at radius 2 is 2.09 bits per heavy atom. The highest BCUT2D eigenvalue weighted by molar-refractivity contribution is 6.32. The Hall–Kier alpha value is -2.93. The van der Waals surface area contributed by atoms with Gasteiger partial charge in [-0.1, -0.05) is 11.6 Å². The summed E-state index contributed by atoms with van der Waals surface area (Å²) < 4.78 is 5.09. The van der Waals surface area contributed by atoms with Crippen molar-refractivity contribution >= 4 is 40.0 Å². The number of anilines is 1. The molecule has 1 amide bonds. The molecule has 0 bridgehead atoms. The predicted octanol–water partition coefficient (Wildman–Crippen LogP) is 3.64. The van der Waals surface area contributed by atoms with Gasteiger partial charge in [-0.3, -0.25) is 14.9 Å². The van der Waals surface area contributed by atoms with E-state index in [0.717, 1.165) is 0 Å². The van der Waals surface area contributed by atoms with Gasteiger partial charge in [0.2, 0.25) is 0 Å². The Labute approximate surface area is 128 Å². The minimum atomic E-state index is -0.612. The lowest BCUT2D eigenvalue weighted by Crippen LogP contribution is -2.11. The topological polar surface area (TPSA) is 98.3 Å². The van der Waals surface area contributed by atoms with Crippen LogP contribution in [-0.4, -0.2) is 15.8 Å². The van der Waals surface area contributed by atoms with E-state index in [4.69, 9.17) is 16.0 Å². The Morgan fingerprint density at radius 1 is 1.27 bits per heavy atom. The Morgan fingerprint density at radius 3 is 2.86 bits per heavy atom. The van der Waals surface area contributed by atoms with Crippen molar-refractivity contribution in [1.29, 1.82) is 0 Å². The summed E-state index contributed by atoms with van der Waals surface area (Å²) in [6.45, 7) is 0. The molecular weight excluding hydrogens is 310 g/mol. The molecule has 110 valence electrons. The molecule has 0 radical (unpaired) electrons. The molecule has 0 aliphatic carbocycles. The van der Waals surface area contributed by atoms with Gasteiger partial charge in [0.15, 0.2) is 12.0 Å². The van der Waals surface area contributed by atoms with Gasteiger partial charge in [0.25, 0.3) is 11.6 Å². The van der Waals surface area contributed by atoms with Crippen LogP contribution in [0.4, 0.5) is 11.4 Å². The fraction of sp³-hybridized carbons (Fsp3) is 0. The summed E-state index contributed by atoms with van der Waals surface area (Å²) in [4.78, 5) is 26.4. The summed E-state index contributed by atoms with van der Waals surface area (Å²) in [7, 11) is 0. The van der Waals surface area contributed by atoms with Crippen molar-refractivity contribution in [3.8, 4) is 0 Å². The first-order valence-corrected chi connectivity index (χ1v) is 6.51. The average molecular weight is 318 g/mol. The molecule has 0 saturated carbocycles. The number of hydrogen-bond donors (Lipinski definition) is 1. The molecule has 0 saturated heterocycles. The van der Waals surface area contributed by atoms with Crippen molar-refractivity contribution in [3.05, 3.63) is 63.5 Å². The molecule has 0 aliphatic rings. The van der Waals surface area contributed by atoms with E-state index >= 15 is 0 Å². The third kappa shape index (κ3) is 2.61. The number of rotatable bonds is 3. The molecule has 0 spiro atoms. The number of aromatic nitrogens is 1. The van der Waals surface area contributed by atoms with Crippen molar-refractivity contribution in [2.45, 2.75) is 0 Å². The molecule has 8 heteroatoms. The molecule has 3 aromatic rings. The number of carbonyl (C=O) groups excluding carboxylic acids is 1. The molecule has 1 aromatic heterocycles. The zero-order chi connectivity index (χ0) is 15.7. The second-order valence-electron chi connectivity index (χ2n) is 4.41. The van der Waals surface area contributed by atoms with Crippen LogP contribution in [0, 0.1) is 10.1 Å². The maximum Gasteiger partial charge on any atom is 0.289 e. The van der Waals surface area contributed by atoms with Crippen LogP contribution in [0.15, 0.2) is 47.2 Å². The van der Waals surface area contributed by atoms with Crippen LogP contribution in [0.2, 0.25) is 5.02 Å². The van der Waals surface area contributed by atoms with E-state index in [9.17, 15) is 14.9 Å². The van der Waals surface area contributed by atoms with Crippen LogP contribution in [0.5, 0.6) is 0 Å². The van der Waals surface area contributed by atoms with Crippen molar-refractivity contribution in [1.82, 2.24) is 4.98 Å². The second kappa shape index (κ2) is 5.45. The highest BCUT2D eigenvalue weighted by Gasteiger charge is 2.15. The molecule has 2 aromatic carbocycles. The quantitative estimate of drug-likeness (QED) is 0.587. The molecule has 22 heavy (non-hydrogen) atoms. The Balaban J connectivity index is 1.87. The molecular formula is C14H8ClN3O4. The minimum absolute atomic E-state index is 0.00650. The number of carbonyl (C=O) groups is 1. The number of fused-ring (bicyclic) bond motifs is 1. The van der Waals surface area contributed by atoms with Crippen LogP contribution < -0.4 is 5.32 Å². The van der Waals surface area contributed by atoms with E-state index < -0.39 is 10.8 Å². The first-order chi connectivity index (χ1) is 10.5. The molecule has 1 N–H and O–H groups in total. The summed E-state index contributed by atoms with van der Waals surface area (Å²) in [6, 6.07) is 8.82. The normalized spacial score (nSPS) is 10.6. The fourth-order valence-corrected chi connectivity index (χ4v) is 2.12. The van der Waals surface area contributed by atoms with E-state index in [0.29, 0.717) is 16.7 Å². The second-order valence-corrected chi connectivity index (χ2v) is 4.82. The zero-order valence-electron chi connectivity index (χ0n) is 10.9. The number of amides is 1. The van der Waals surface area contributed by atoms with E-state index in [-0.39, 0.29) is 16.4 Å². The van der Waals surface area contributed by atoms with Crippen LogP contribution >= 0.6 is 11.6 Å². The highest BCUT2D eigenvalue weighted by Crippen LogP contribution is 2.27. The van der Waals surface area contributed by atoms with Crippen molar-refractivity contribution in [2.24, 2.45) is 0 Å². The number of nitro benzene ring substituents is 1. The summed E-state index contributed by atoms with van der Waals surface area (Å²) >= 11 is 5.72. The minimum Gasteiger partial charge on any atom is -0.443 e. The van der Waals surface area contributed by atoms with Gasteiger partial charge in [0.1, 0.15) is 10.5 Å². The van der Waals surface area contributed by atoms with E-state index in [1.54, 1.807) is 18.2 Å². The number of benzene rings is 2. The third-order valence-corrected chi connectivity index (χ3v) is 3.31. The van der Waals surface area contributed by atoms with Crippen LogP contribution in [0.3, 0.4) is 0 Å². The Bertz CT molecular complexity index is 891. The lowest BCUT2D eigenvalue weighted by molar-refractivity contribution is -0.384. The van der Waals surface area contributed by atoms with Gasteiger partial charge in [0.05, 0.1) is 4.92 Å². The largest absolute Gasteiger partial charge is 0.443 e. The number of nitrogens with zero attached hydrogens (tertiary/aromatic N) is 2. The van der Waals surface area contributed by atoms with Crippen molar-refractivity contribution < 1.29 is 14.1 Å². The third-order valence-electron chi connectivity index (χ3n) is 2.99. The average Bonchev–Trinajstić information content (AvgIpc) is 2.96. The van der Waals surface area contributed by atoms with Gasteiger partial charge in [-0.25, -0.2) is 4.98 Å². The van der Waals surface area contributed by atoms with Gasteiger partial charge < -0.3 is 9.73 Å².